The Morgan fingerprint density at radius 1 is 1.26 bits per heavy atom. The van der Waals surface area contributed by atoms with Crippen LogP contribution >= 0.6 is 15.9 Å². The molecular weight excluding hydrogens is 306 g/mol. The molecule has 1 heterocycles. The first-order valence-electron chi connectivity index (χ1n) is 6.31. The van der Waals surface area contributed by atoms with Crippen molar-refractivity contribution in [1.82, 2.24) is 15.0 Å². The molecule has 0 radical (unpaired) electrons. The molecule has 0 amide bonds. The van der Waals surface area contributed by atoms with Crippen molar-refractivity contribution in [3.05, 3.63) is 45.7 Å². The van der Waals surface area contributed by atoms with Crippen molar-refractivity contribution in [1.29, 1.82) is 0 Å². The summed E-state index contributed by atoms with van der Waals surface area (Å²) in [6, 6.07) is 8.05. The van der Waals surface area contributed by atoms with E-state index < -0.39 is 6.10 Å². The Labute approximate surface area is 121 Å². The molecule has 0 spiro atoms. The van der Waals surface area contributed by atoms with Gasteiger partial charge >= 0.3 is 0 Å². The van der Waals surface area contributed by atoms with Crippen LogP contribution in [0.4, 0.5) is 0 Å². The van der Waals surface area contributed by atoms with E-state index >= 15 is 0 Å². The molecule has 0 bridgehead atoms. The van der Waals surface area contributed by atoms with Gasteiger partial charge in [0.25, 0.3) is 0 Å². The first kappa shape index (κ1) is 14.2. The predicted octanol–water partition coefficient (Wildman–Crippen LogP) is 2.86. The maximum absolute atomic E-state index is 10.4. The summed E-state index contributed by atoms with van der Waals surface area (Å²) in [5.41, 5.74) is 2.79. The molecule has 2 rings (SSSR count). The lowest BCUT2D eigenvalue weighted by Crippen LogP contribution is -2.07. The number of halogens is 1. The predicted molar refractivity (Wildman–Crippen MR) is 77.7 cm³/mol. The van der Waals surface area contributed by atoms with Crippen LogP contribution in [0.25, 0.3) is 0 Å². The van der Waals surface area contributed by atoms with Gasteiger partial charge in [-0.3, -0.25) is 0 Å². The minimum absolute atomic E-state index is 0.578. The van der Waals surface area contributed by atoms with Gasteiger partial charge in [0.05, 0.1) is 0 Å². The van der Waals surface area contributed by atoms with Crippen molar-refractivity contribution in [2.45, 2.75) is 26.4 Å². The first-order valence-corrected chi connectivity index (χ1v) is 7.10. The van der Waals surface area contributed by atoms with E-state index in [0.29, 0.717) is 16.2 Å². The van der Waals surface area contributed by atoms with Crippen LogP contribution in [-0.4, -0.2) is 20.1 Å². The van der Waals surface area contributed by atoms with Gasteiger partial charge in [0.1, 0.15) is 11.8 Å². The monoisotopic (exact) mass is 323 g/mol. The molecule has 0 aliphatic carbocycles. The van der Waals surface area contributed by atoms with Crippen molar-refractivity contribution in [2.75, 3.05) is 0 Å². The van der Waals surface area contributed by atoms with Crippen LogP contribution < -0.4 is 0 Å². The minimum atomic E-state index is -0.720. The number of aliphatic hydroxyl groups is 1. The van der Waals surface area contributed by atoms with E-state index in [2.05, 4.69) is 52.2 Å². The second kappa shape index (κ2) is 5.84. The number of benzene rings is 1. The van der Waals surface area contributed by atoms with Gasteiger partial charge in [-0.15, -0.1) is 5.10 Å². The maximum atomic E-state index is 10.4. The Kier molecular flexibility index (Phi) is 4.37. The van der Waals surface area contributed by atoms with E-state index in [9.17, 15) is 5.11 Å². The Morgan fingerprint density at radius 3 is 2.37 bits per heavy atom. The van der Waals surface area contributed by atoms with E-state index in [1.807, 2.05) is 12.1 Å². The second-order valence-electron chi connectivity index (χ2n) is 5.13. The lowest BCUT2D eigenvalue weighted by atomic mass is 9.99. The summed E-state index contributed by atoms with van der Waals surface area (Å²) in [5, 5.41) is 18.2. The highest BCUT2D eigenvalue weighted by molar-refractivity contribution is 9.10. The van der Waals surface area contributed by atoms with Gasteiger partial charge < -0.3 is 5.11 Å². The largest absolute Gasteiger partial charge is 0.382 e. The average Bonchev–Trinajstić information content (AvgIpc) is 2.68. The fourth-order valence-electron chi connectivity index (χ4n) is 2.09. The van der Waals surface area contributed by atoms with Crippen LogP contribution in [0, 0.1) is 5.92 Å². The Balaban J connectivity index is 2.23. The van der Waals surface area contributed by atoms with E-state index in [1.165, 1.54) is 5.56 Å². The summed E-state index contributed by atoms with van der Waals surface area (Å²) in [5.74, 6) is 0.631. The molecule has 0 saturated carbocycles. The summed E-state index contributed by atoms with van der Waals surface area (Å²) in [7, 11) is 1.77. The third kappa shape index (κ3) is 3.22. The molecule has 0 saturated heterocycles. The van der Waals surface area contributed by atoms with Crippen molar-refractivity contribution in [2.24, 2.45) is 13.0 Å². The number of nitrogens with zero attached hydrogens (tertiary/aromatic N) is 3. The second-order valence-corrected chi connectivity index (χ2v) is 5.88. The van der Waals surface area contributed by atoms with Gasteiger partial charge in [0.2, 0.25) is 0 Å². The molecule has 1 aromatic heterocycles. The zero-order valence-electron chi connectivity index (χ0n) is 11.3. The molecule has 5 heteroatoms. The number of aromatic nitrogens is 3. The van der Waals surface area contributed by atoms with Gasteiger partial charge in [-0.05, 0) is 39.4 Å². The fraction of sp³-hybridized carbons (Fsp3) is 0.429. The van der Waals surface area contributed by atoms with Crippen LogP contribution in [0.5, 0.6) is 0 Å². The topological polar surface area (TPSA) is 50.9 Å². The van der Waals surface area contributed by atoms with Crippen molar-refractivity contribution >= 4 is 15.9 Å². The van der Waals surface area contributed by atoms with Crippen LogP contribution in [0.3, 0.4) is 0 Å². The zero-order valence-corrected chi connectivity index (χ0v) is 12.9. The molecule has 1 unspecified atom stereocenters. The molecular formula is C14H18BrN3O. The summed E-state index contributed by atoms with van der Waals surface area (Å²) in [4.78, 5) is 0. The van der Waals surface area contributed by atoms with Gasteiger partial charge in [-0.25, -0.2) is 4.68 Å². The van der Waals surface area contributed by atoms with Crippen molar-refractivity contribution < 1.29 is 5.11 Å². The van der Waals surface area contributed by atoms with Crippen LogP contribution in [0.2, 0.25) is 0 Å². The third-order valence-electron chi connectivity index (χ3n) is 3.03. The quantitative estimate of drug-likeness (QED) is 0.941. The van der Waals surface area contributed by atoms with Gasteiger partial charge in [-0.1, -0.05) is 43.3 Å². The fourth-order valence-corrected chi connectivity index (χ4v) is 2.64. The third-order valence-corrected chi connectivity index (χ3v) is 3.59. The van der Waals surface area contributed by atoms with Crippen molar-refractivity contribution in [3.8, 4) is 0 Å². The van der Waals surface area contributed by atoms with Gasteiger partial charge in [0.15, 0.2) is 4.60 Å². The number of aliphatic hydroxyl groups excluding tert-OH is 1. The molecule has 1 atom stereocenters. The standard InChI is InChI=1S/C14H18BrN3O/c1-9(2)8-10-4-6-11(7-5-10)13(19)12-14(15)16-17-18(12)3/h4-7,9,13,19H,8H2,1-3H3. The maximum Gasteiger partial charge on any atom is 0.154 e. The van der Waals surface area contributed by atoms with E-state index in [-0.39, 0.29) is 0 Å². The molecule has 1 aromatic carbocycles. The number of rotatable bonds is 4. The van der Waals surface area contributed by atoms with Gasteiger partial charge in [-0.2, -0.15) is 0 Å². The van der Waals surface area contributed by atoms with E-state index in [0.717, 1.165) is 12.0 Å². The normalized spacial score (nSPS) is 12.9. The lowest BCUT2D eigenvalue weighted by Gasteiger charge is -2.12. The molecule has 102 valence electrons. The molecule has 1 N–H and O–H groups in total. The summed E-state index contributed by atoms with van der Waals surface area (Å²) >= 11 is 3.31. The lowest BCUT2D eigenvalue weighted by molar-refractivity contribution is 0.209. The molecule has 0 aliphatic rings. The number of aryl methyl sites for hydroxylation is 1. The number of hydrogen-bond donors (Lipinski definition) is 1. The first-order chi connectivity index (χ1) is 8.99. The minimum Gasteiger partial charge on any atom is -0.382 e. The SMILES string of the molecule is CC(C)Cc1ccc(C(O)c2c(Br)nnn2C)cc1. The summed E-state index contributed by atoms with van der Waals surface area (Å²) < 4.78 is 2.16. The highest BCUT2D eigenvalue weighted by Gasteiger charge is 2.19. The molecule has 4 nitrogen and oxygen atoms in total. The number of hydrogen-bond acceptors (Lipinski definition) is 3. The van der Waals surface area contributed by atoms with E-state index in [4.69, 9.17) is 0 Å². The Morgan fingerprint density at radius 2 is 1.89 bits per heavy atom. The average molecular weight is 324 g/mol. The van der Waals surface area contributed by atoms with E-state index in [1.54, 1.807) is 11.7 Å². The van der Waals surface area contributed by atoms with Crippen molar-refractivity contribution in [3.63, 3.8) is 0 Å². The van der Waals surface area contributed by atoms with Crippen LogP contribution in [0.1, 0.15) is 36.8 Å². The highest BCUT2D eigenvalue weighted by Crippen LogP contribution is 2.26. The molecule has 2 aromatic rings. The molecule has 0 fully saturated rings. The molecule has 0 aliphatic heterocycles. The Bertz CT molecular complexity index is 529. The van der Waals surface area contributed by atoms with Gasteiger partial charge in [0, 0.05) is 7.05 Å². The summed E-state index contributed by atoms with van der Waals surface area (Å²) in [6.45, 7) is 4.39. The smallest absolute Gasteiger partial charge is 0.154 e. The van der Waals surface area contributed by atoms with Crippen LogP contribution in [-0.2, 0) is 13.5 Å². The summed E-state index contributed by atoms with van der Waals surface area (Å²) in [6.07, 6.45) is 0.329. The highest BCUT2D eigenvalue weighted by atomic mass is 79.9. The Hall–Kier alpha value is -1.20. The molecule has 19 heavy (non-hydrogen) atoms. The zero-order chi connectivity index (χ0) is 14.0. The van der Waals surface area contributed by atoms with Crippen LogP contribution in [0.15, 0.2) is 28.9 Å².